The van der Waals surface area contributed by atoms with Gasteiger partial charge in [0.05, 0.1) is 25.3 Å². The molecule has 2 saturated heterocycles. The zero-order valence-corrected chi connectivity index (χ0v) is 24.3. The number of aromatic nitrogens is 1. The highest BCUT2D eigenvalue weighted by molar-refractivity contribution is 6.16. The van der Waals surface area contributed by atoms with Gasteiger partial charge >= 0.3 is 12.1 Å². The van der Waals surface area contributed by atoms with E-state index in [9.17, 15) is 19.2 Å². The van der Waals surface area contributed by atoms with Crippen LogP contribution in [0.3, 0.4) is 0 Å². The molecule has 0 aliphatic carbocycles. The fourth-order valence-electron chi connectivity index (χ4n) is 5.67. The van der Waals surface area contributed by atoms with Crippen molar-refractivity contribution in [3.8, 4) is 5.75 Å². The van der Waals surface area contributed by atoms with Crippen LogP contribution in [-0.2, 0) is 20.7 Å². The molecule has 2 aliphatic heterocycles. The smallest absolute Gasteiger partial charge is 0.408 e. The van der Waals surface area contributed by atoms with Crippen molar-refractivity contribution in [1.29, 1.82) is 0 Å². The number of para-hydroxylation sites is 1. The number of piperidine rings is 1. The Morgan fingerprint density at radius 3 is 2.55 bits per heavy atom. The van der Waals surface area contributed by atoms with Crippen LogP contribution in [0, 0.1) is 0 Å². The quantitative estimate of drug-likeness (QED) is 0.388. The van der Waals surface area contributed by atoms with Crippen LogP contribution in [0.25, 0.3) is 10.9 Å². The molecular formula is C31H37N5O6. The van der Waals surface area contributed by atoms with Gasteiger partial charge in [-0.1, -0.05) is 18.2 Å². The number of aromatic amines is 1. The lowest BCUT2D eigenvalue weighted by atomic mass is 9.91. The van der Waals surface area contributed by atoms with Crippen molar-refractivity contribution in [3.05, 3.63) is 60.3 Å². The number of rotatable bonds is 7. The van der Waals surface area contributed by atoms with Crippen LogP contribution >= 0.6 is 0 Å². The molecular weight excluding hydrogens is 538 g/mol. The summed E-state index contributed by atoms with van der Waals surface area (Å²) in [6, 6.07) is 12.2. The van der Waals surface area contributed by atoms with E-state index in [2.05, 4.69) is 15.6 Å². The summed E-state index contributed by atoms with van der Waals surface area (Å²) in [4.78, 5) is 59.3. The predicted molar refractivity (Wildman–Crippen MR) is 157 cm³/mol. The number of carbonyl (C=O) groups is 4. The largest absolute Gasteiger partial charge is 0.497 e. The summed E-state index contributed by atoms with van der Waals surface area (Å²) < 4.78 is 10.6. The molecule has 0 saturated carbocycles. The molecule has 0 bridgehead atoms. The van der Waals surface area contributed by atoms with Crippen LogP contribution in [0.5, 0.6) is 5.75 Å². The normalized spacial score (nSPS) is 19.7. The maximum absolute atomic E-state index is 13.8. The first-order valence-electron chi connectivity index (χ1n) is 14.2. The van der Waals surface area contributed by atoms with E-state index in [-0.39, 0.29) is 18.7 Å². The Bertz CT molecular complexity index is 1480. The number of carbonyl (C=O) groups excluding carboxylic acids is 4. The number of amides is 5. The number of urea groups is 1. The molecule has 0 radical (unpaired) electrons. The number of imide groups is 1. The number of nitrogens with zero attached hydrogens (tertiary/aromatic N) is 2. The van der Waals surface area contributed by atoms with E-state index in [0.29, 0.717) is 30.8 Å². The molecule has 3 atom stereocenters. The van der Waals surface area contributed by atoms with E-state index >= 15 is 0 Å². The molecule has 2 aromatic carbocycles. The van der Waals surface area contributed by atoms with E-state index in [0.717, 1.165) is 16.5 Å². The maximum Gasteiger partial charge on any atom is 0.408 e. The van der Waals surface area contributed by atoms with Crippen LogP contribution in [0.4, 0.5) is 15.3 Å². The van der Waals surface area contributed by atoms with Crippen molar-refractivity contribution in [1.82, 2.24) is 20.5 Å². The van der Waals surface area contributed by atoms with Crippen LogP contribution in [0.15, 0.2) is 54.7 Å². The summed E-state index contributed by atoms with van der Waals surface area (Å²) in [5, 5.41) is 6.75. The van der Waals surface area contributed by atoms with Crippen molar-refractivity contribution >= 4 is 40.5 Å². The molecule has 42 heavy (non-hydrogen) atoms. The Labute approximate surface area is 244 Å². The Morgan fingerprint density at radius 2 is 1.83 bits per heavy atom. The molecule has 5 rings (SSSR count). The van der Waals surface area contributed by atoms with Crippen molar-refractivity contribution in [2.24, 2.45) is 0 Å². The second-order valence-corrected chi connectivity index (χ2v) is 11.7. The Kier molecular flexibility index (Phi) is 8.11. The van der Waals surface area contributed by atoms with Gasteiger partial charge in [-0.3, -0.25) is 9.59 Å². The molecule has 3 heterocycles. The van der Waals surface area contributed by atoms with Crippen LogP contribution in [0.1, 0.15) is 45.6 Å². The van der Waals surface area contributed by atoms with Crippen molar-refractivity contribution in [3.63, 3.8) is 0 Å². The molecule has 11 nitrogen and oxygen atoms in total. The van der Waals surface area contributed by atoms with E-state index in [4.69, 9.17) is 9.47 Å². The SMILES string of the molecule is COc1ccc(N2C(=O)CC3C(NC(=O)[C@H](Cc4c[nH]c5ccccc45)NC(=O)OC(C)(C)C)CCCN3C2=O)cc1. The van der Waals surface area contributed by atoms with Gasteiger partial charge in [-0.05, 0) is 69.5 Å². The summed E-state index contributed by atoms with van der Waals surface area (Å²) in [7, 11) is 1.55. The lowest BCUT2D eigenvalue weighted by Crippen LogP contribution is -2.66. The van der Waals surface area contributed by atoms with Gasteiger partial charge in [0, 0.05) is 36.1 Å². The average molecular weight is 576 g/mol. The molecule has 2 unspecified atom stereocenters. The zero-order valence-electron chi connectivity index (χ0n) is 24.3. The number of alkyl carbamates (subject to hydrolysis) is 1. The standard InChI is InChI=1S/C31H37N5O6/c1-31(2,3)42-29(39)34-25(16-19-18-32-23-9-6-5-8-22(19)23)28(38)33-24-10-7-15-35-26(24)17-27(37)36(30(35)40)20-11-13-21(41-4)14-12-20/h5-6,8-9,11-14,18,24-26,32H,7,10,15-17H2,1-4H3,(H,33,38)(H,34,39)/t24?,25-,26?/m0/s1. The third-order valence-corrected chi connectivity index (χ3v) is 7.61. The lowest BCUT2D eigenvalue weighted by Gasteiger charge is -2.46. The minimum atomic E-state index is -0.944. The molecule has 11 heteroatoms. The van der Waals surface area contributed by atoms with Gasteiger partial charge in [-0.25, -0.2) is 14.5 Å². The molecule has 5 amide bonds. The summed E-state index contributed by atoms with van der Waals surface area (Å²) in [6.45, 7) is 5.74. The van der Waals surface area contributed by atoms with Gasteiger partial charge in [0.25, 0.3) is 0 Å². The molecule has 2 aliphatic rings. The first-order valence-corrected chi connectivity index (χ1v) is 14.2. The first-order chi connectivity index (χ1) is 20.0. The molecule has 222 valence electrons. The minimum Gasteiger partial charge on any atom is -0.497 e. The molecule has 2 fully saturated rings. The highest BCUT2D eigenvalue weighted by Gasteiger charge is 2.45. The number of nitrogens with one attached hydrogen (secondary N) is 3. The van der Waals surface area contributed by atoms with Gasteiger partial charge in [-0.15, -0.1) is 0 Å². The monoisotopic (exact) mass is 575 g/mol. The minimum absolute atomic E-state index is 0.0648. The summed E-state index contributed by atoms with van der Waals surface area (Å²) >= 11 is 0. The summed E-state index contributed by atoms with van der Waals surface area (Å²) in [5.41, 5.74) is 1.52. The highest BCUT2D eigenvalue weighted by atomic mass is 16.6. The lowest BCUT2D eigenvalue weighted by molar-refractivity contribution is -0.126. The number of H-pyrrole nitrogens is 1. The second-order valence-electron chi connectivity index (χ2n) is 11.7. The number of fused-ring (bicyclic) bond motifs is 2. The number of hydrogen-bond acceptors (Lipinski definition) is 6. The second kappa shape index (κ2) is 11.8. The van der Waals surface area contributed by atoms with Gasteiger partial charge in [0.1, 0.15) is 17.4 Å². The third-order valence-electron chi connectivity index (χ3n) is 7.61. The molecule has 3 N–H and O–H groups in total. The fourth-order valence-corrected chi connectivity index (χ4v) is 5.67. The number of anilines is 1. The van der Waals surface area contributed by atoms with Crippen molar-refractivity contribution in [2.45, 2.75) is 70.2 Å². The molecule has 0 spiro atoms. The third kappa shape index (κ3) is 6.19. The van der Waals surface area contributed by atoms with Gasteiger partial charge in [-0.2, -0.15) is 0 Å². The van der Waals surface area contributed by atoms with Gasteiger partial charge in [0.2, 0.25) is 11.8 Å². The van der Waals surface area contributed by atoms with Gasteiger partial charge in [0.15, 0.2) is 0 Å². The first kappa shape index (κ1) is 29.0. The topological polar surface area (TPSA) is 133 Å². The van der Waals surface area contributed by atoms with Gasteiger partial charge < -0.3 is 30.0 Å². The summed E-state index contributed by atoms with van der Waals surface area (Å²) in [6.07, 6.45) is 2.67. The van der Waals surface area contributed by atoms with E-state index < -0.39 is 41.8 Å². The number of methoxy groups -OCH3 is 1. The highest BCUT2D eigenvalue weighted by Crippen LogP contribution is 2.31. The van der Waals surface area contributed by atoms with Crippen LogP contribution in [-0.4, -0.2) is 71.2 Å². The van der Waals surface area contributed by atoms with E-state index in [1.54, 1.807) is 57.0 Å². The summed E-state index contributed by atoms with van der Waals surface area (Å²) in [5.74, 6) is -0.123. The number of benzene rings is 2. The molecule has 3 aromatic rings. The molecule has 1 aromatic heterocycles. The average Bonchev–Trinajstić information content (AvgIpc) is 3.35. The van der Waals surface area contributed by atoms with Crippen LogP contribution < -0.4 is 20.3 Å². The number of ether oxygens (including phenoxy) is 2. The van der Waals surface area contributed by atoms with Crippen molar-refractivity contribution in [2.75, 3.05) is 18.6 Å². The van der Waals surface area contributed by atoms with E-state index in [1.165, 1.54) is 4.90 Å². The maximum atomic E-state index is 13.8. The predicted octanol–water partition coefficient (Wildman–Crippen LogP) is 4.12. The zero-order chi connectivity index (χ0) is 30.0. The number of hydrogen-bond donors (Lipinski definition) is 3. The Hall–Kier alpha value is -4.54. The van der Waals surface area contributed by atoms with E-state index in [1.807, 2.05) is 30.5 Å². The van der Waals surface area contributed by atoms with Crippen LogP contribution in [0.2, 0.25) is 0 Å². The fraction of sp³-hybridized carbons (Fsp3) is 0.419. The Morgan fingerprint density at radius 1 is 1.10 bits per heavy atom. The van der Waals surface area contributed by atoms with Crippen molar-refractivity contribution < 1.29 is 28.7 Å². The Balaban J connectivity index is 1.34.